The maximum atomic E-state index is 10.2. The normalized spacial score (nSPS) is 11.0. The molecule has 0 N–H and O–H groups in total. The highest BCUT2D eigenvalue weighted by molar-refractivity contribution is 6.09. The molecule has 8 rings (SSSR count). The van der Waals surface area contributed by atoms with Crippen LogP contribution in [0.3, 0.4) is 0 Å². The summed E-state index contributed by atoms with van der Waals surface area (Å²) >= 11 is 0. The second-order valence-corrected chi connectivity index (χ2v) is 12.8. The Hall–Kier alpha value is -6.68. The summed E-state index contributed by atoms with van der Waals surface area (Å²) in [5.41, 5.74) is 14.6. The molecule has 0 bridgehead atoms. The molecule has 236 valence electrons. The van der Waals surface area contributed by atoms with Crippen molar-refractivity contribution < 1.29 is 0 Å². The highest BCUT2D eigenvalue weighted by Gasteiger charge is 2.16. The Kier molecular flexibility index (Phi) is 8.02. The van der Waals surface area contributed by atoms with E-state index in [-0.39, 0.29) is 0 Å². The molecule has 0 fully saturated rings. The second kappa shape index (κ2) is 13.1. The van der Waals surface area contributed by atoms with Gasteiger partial charge in [-0.3, -0.25) is 0 Å². The number of rotatable bonds is 7. The second-order valence-electron chi connectivity index (χ2n) is 12.8. The molecule has 3 heteroatoms. The van der Waals surface area contributed by atoms with Crippen LogP contribution in [-0.4, -0.2) is 4.57 Å². The lowest BCUT2D eigenvalue weighted by atomic mass is 9.86. The van der Waals surface area contributed by atoms with E-state index < -0.39 is 0 Å². The number of para-hydroxylation sites is 2. The van der Waals surface area contributed by atoms with Crippen molar-refractivity contribution in [2.24, 2.45) is 0 Å². The molecule has 3 nitrogen and oxygen atoms in total. The van der Waals surface area contributed by atoms with E-state index in [1.54, 1.807) is 0 Å². The molecular formula is C47H33N3. The van der Waals surface area contributed by atoms with Gasteiger partial charge in [0.15, 0.2) is 0 Å². The van der Waals surface area contributed by atoms with Crippen molar-refractivity contribution >= 4 is 21.8 Å². The average Bonchev–Trinajstić information content (AvgIpc) is 3.51. The summed E-state index contributed by atoms with van der Waals surface area (Å²) < 4.78 is 2.23. The van der Waals surface area contributed by atoms with Crippen LogP contribution in [0.2, 0.25) is 0 Å². The SMILES string of the molecule is Cc1ccccc1-c1cccc(-c2ccccc2)c1CCc1cc(C#N)cc(-c2cc(C#N)cc(-n3c4ccccc4c4ccccc43)c2)c1. The number of fused-ring (bicyclic) bond motifs is 3. The van der Waals surface area contributed by atoms with Gasteiger partial charge < -0.3 is 4.57 Å². The van der Waals surface area contributed by atoms with Gasteiger partial charge in [-0.05, 0) is 112 Å². The van der Waals surface area contributed by atoms with Gasteiger partial charge in [-0.1, -0.05) is 115 Å². The number of nitrogens with zero attached hydrogens (tertiary/aromatic N) is 3. The summed E-state index contributed by atoms with van der Waals surface area (Å²) in [6.45, 7) is 2.17. The first-order chi connectivity index (χ1) is 24.6. The minimum atomic E-state index is 0.572. The van der Waals surface area contributed by atoms with Crippen molar-refractivity contribution in [3.05, 3.63) is 186 Å². The van der Waals surface area contributed by atoms with E-state index in [2.05, 4.69) is 157 Å². The van der Waals surface area contributed by atoms with Crippen molar-refractivity contribution in [2.45, 2.75) is 19.8 Å². The summed E-state index contributed by atoms with van der Waals surface area (Å²) in [5.74, 6) is 0. The Morgan fingerprint density at radius 1 is 0.480 bits per heavy atom. The van der Waals surface area contributed by atoms with E-state index in [0.29, 0.717) is 11.1 Å². The van der Waals surface area contributed by atoms with E-state index >= 15 is 0 Å². The van der Waals surface area contributed by atoms with Crippen LogP contribution in [0.15, 0.2) is 158 Å². The molecule has 1 aromatic heterocycles. The first-order valence-corrected chi connectivity index (χ1v) is 16.9. The van der Waals surface area contributed by atoms with Crippen LogP contribution in [-0.2, 0) is 12.8 Å². The fourth-order valence-electron chi connectivity index (χ4n) is 7.38. The van der Waals surface area contributed by atoms with E-state index in [9.17, 15) is 10.5 Å². The van der Waals surface area contributed by atoms with Gasteiger partial charge in [0.25, 0.3) is 0 Å². The standard InChI is InChI=1S/C47H33N3/c1-32-12-5-6-15-40(32)42-19-11-18-41(36-13-3-2-4-14-36)43(42)23-22-33-24-34(30-48)26-37(25-33)38-27-35(31-49)28-39(29-38)50-46-20-9-7-16-44(46)45-17-8-10-21-47(45)50/h2-21,24-29H,22-23H2,1H3. The Balaban J connectivity index is 1.23. The lowest BCUT2D eigenvalue weighted by molar-refractivity contribution is 0.963. The van der Waals surface area contributed by atoms with Crippen LogP contribution < -0.4 is 0 Å². The van der Waals surface area contributed by atoms with Gasteiger partial charge in [0.2, 0.25) is 0 Å². The van der Waals surface area contributed by atoms with Crippen molar-refractivity contribution in [1.29, 1.82) is 10.5 Å². The van der Waals surface area contributed by atoms with Crippen LogP contribution in [0.5, 0.6) is 0 Å². The first kappa shape index (κ1) is 30.6. The zero-order valence-electron chi connectivity index (χ0n) is 27.8. The van der Waals surface area contributed by atoms with Crippen LogP contribution in [0.25, 0.3) is 60.9 Å². The molecule has 0 amide bonds. The minimum absolute atomic E-state index is 0.572. The summed E-state index contributed by atoms with van der Waals surface area (Å²) in [4.78, 5) is 0. The van der Waals surface area contributed by atoms with E-state index in [4.69, 9.17) is 0 Å². The van der Waals surface area contributed by atoms with Gasteiger partial charge in [0.05, 0.1) is 34.3 Å². The third-order valence-electron chi connectivity index (χ3n) is 9.70. The predicted molar refractivity (Wildman–Crippen MR) is 205 cm³/mol. The molecule has 0 atom stereocenters. The number of aryl methyl sites for hydroxylation is 2. The van der Waals surface area contributed by atoms with Crippen LogP contribution in [0, 0.1) is 29.6 Å². The predicted octanol–water partition coefficient (Wildman–Crippen LogP) is 11.6. The highest BCUT2D eigenvalue weighted by atomic mass is 15.0. The van der Waals surface area contributed by atoms with Crippen molar-refractivity contribution in [1.82, 2.24) is 4.57 Å². The van der Waals surface area contributed by atoms with Crippen molar-refractivity contribution in [3.63, 3.8) is 0 Å². The topological polar surface area (TPSA) is 52.5 Å². The molecule has 8 aromatic rings. The molecule has 0 unspecified atom stereocenters. The maximum Gasteiger partial charge on any atom is 0.0992 e. The molecule has 0 aliphatic rings. The Morgan fingerprint density at radius 3 is 1.76 bits per heavy atom. The third kappa shape index (κ3) is 5.62. The van der Waals surface area contributed by atoms with Gasteiger partial charge in [0, 0.05) is 16.5 Å². The fourth-order valence-corrected chi connectivity index (χ4v) is 7.38. The first-order valence-electron chi connectivity index (χ1n) is 16.9. The van der Waals surface area contributed by atoms with Gasteiger partial charge in [0.1, 0.15) is 0 Å². The maximum absolute atomic E-state index is 10.2. The molecule has 0 saturated carbocycles. The summed E-state index contributed by atoms with van der Waals surface area (Å²) in [6.07, 6.45) is 1.55. The molecule has 0 spiro atoms. The number of hydrogen-bond acceptors (Lipinski definition) is 2. The lowest BCUT2D eigenvalue weighted by Gasteiger charge is -2.18. The van der Waals surface area contributed by atoms with Gasteiger partial charge >= 0.3 is 0 Å². The zero-order valence-corrected chi connectivity index (χ0v) is 27.8. The number of benzene rings is 7. The molecule has 0 aliphatic heterocycles. The summed E-state index contributed by atoms with van der Waals surface area (Å²) in [5, 5.41) is 22.7. The van der Waals surface area contributed by atoms with Crippen LogP contribution in [0.1, 0.15) is 27.8 Å². The smallest absolute Gasteiger partial charge is 0.0992 e. The molecule has 0 saturated heterocycles. The highest BCUT2D eigenvalue weighted by Crippen LogP contribution is 2.37. The van der Waals surface area contributed by atoms with Crippen LogP contribution >= 0.6 is 0 Å². The molecule has 0 radical (unpaired) electrons. The van der Waals surface area contributed by atoms with Crippen molar-refractivity contribution in [2.75, 3.05) is 0 Å². The number of aromatic nitrogens is 1. The van der Waals surface area contributed by atoms with Gasteiger partial charge in [-0.2, -0.15) is 10.5 Å². The largest absolute Gasteiger partial charge is 0.309 e. The summed E-state index contributed by atoms with van der Waals surface area (Å²) in [6, 6.07) is 59.4. The molecule has 0 aliphatic carbocycles. The summed E-state index contributed by atoms with van der Waals surface area (Å²) in [7, 11) is 0. The molecule has 50 heavy (non-hydrogen) atoms. The quantitative estimate of drug-likeness (QED) is 0.174. The average molecular weight is 640 g/mol. The van der Waals surface area contributed by atoms with E-state index in [0.717, 1.165) is 46.3 Å². The molecule has 7 aromatic carbocycles. The Labute approximate surface area is 292 Å². The monoisotopic (exact) mass is 639 g/mol. The minimum Gasteiger partial charge on any atom is -0.309 e. The zero-order chi connectivity index (χ0) is 34.0. The lowest BCUT2D eigenvalue weighted by Crippen LogP contribution is -2.00. The Morgan fingerprint density at radius 2 is 1.06 bits per heavy atom. The fraction of sp³-hybridized carbons (Fsp3) is 0.0638. The third-order valence-corrected chi connectivity index (χ3v) is 9.70. The van der Waals surface area contributed by atoms with Crippen LogP contribution in [0.4, 0.5) is 0 Å². The molecular weight excluding hydrogens is 607 g/mol. The molecule has 1 heterocycles. The number of nitriles is 2. The van der Waals surface area contributed by atoms with Gasteiger partial charge in [-0.15, -0.1) is 0 Å². The van der Waals surface area contributed by atoms with E-state index in [1.165, 1.54) is 44.2 Å². The van der Waals surface area contributed by atoms with E-state index in [1.807, 2.05) is 24.3 Å². The van der Waals surface area contributed by atoms with Gasteiger partial charge in [-0.25, -0.2) is 0 Å². The Bertz CT molecular complexity index is 2580. The van der Waals surface area contributed by atoms with Crippen molar-refractivity contribution in [3.8, 4) is 51.2 Å². The number of hydrogen-bond donors (Lipinski definition) is 0.